The van der Waals surface area contributed by atoms with Gasteiger partial charge in [0.05, 0.1) is 10.9 Å². The Morgan fingerprint density at radius 3 is 2.67 bits per heavy atom. The zero-order valence-corrected chi connectivity index (χ0v) is 12.1. The SMILES string of the molecule is O=S(=O)(c1ccc(F)cc1)N1CCCC[C@H]1c1nc[nH]n1. The molecule has 1 aliphatic heterocycles. The predicted molar refractivity (Wildman–Crippen MR) is 73.3 cm³/mol. The topological polar surface area (TPSA) is 79.0 Å². The number of hydrogen-bond donors (Lipinski definition) is 1. The predicted octanol–water partition coefficient (Wildman–Crippen LogP) is 1.86. The summed E-state index contributed by atoms with van der Waals surface area (Å²) < 4.78 is 39.9. The van der Waals surface area contributed by atoms with E-state index in [-0.39, 0.29) is 10.9 Å². The summed E-state index contributed by atoms with van der Waals surface area (Å²) in [7, 11) is -3.68. The summed E-state index contributed by atoms with van der Waals surface area (Å²) in [6.45, 7) is 0.416. The van der Waals surface area contributed by atoms with Gasteiger partial charge in [0, 0.05) is 6.54 Å². The highest BCUT2D eigenvalue weighted by Crippen LogP contribution is 2.33. The number of rotatable bonds is 3. The van der Waals surface area contributed by atoms with Crippen molar-refractivity contribution in [1.82, 2.24) is 19.5 Å². The van der Waals surface area contributed by atoms with Crippen LogP contribution in [-0.2, 0) is 10.0 Å². The molecule has 0 saturated carbocycles. The first-order valence-corrected chi connectivity index (χ1v) is 8.16. The van der Waals surface area contributed by atoms with E-state index in [1.807, 2.05) is 0 Å². The fourth-order valence-electron chi connectivity index (χ4n) is 2.57. The molecular formula is C13H15FN4O2S. The summed E-state index contributed by atoms with van der Waals surface area (Å²) in [5.41, 5.74) is 0. The lowest BCUT2D eigenvalue weighted by atomic mass is 10.0. The van der Waals surface area contributed by atoms with E-state index in [0.717, 1.165) is 25.0 Å². The number of aromatic amines is 1. The van der Waals surface area contributed by atoms with Crippen molar-refractivity contribution in [2.75, 3.05) is 6.54 Å². The van der Waals surface area contributed by atoms with E-state index in [9.17, 15) is 12.8 Å². The summed E-state index contributed by atoms with van der Waals surface area (Å²) in [4.78, 5) is 4.17. The summed E-state index contributed by atoms with van der Waals surface area (Å²) in [5, 5.41) is 6.62. The van der Waals surface area contributed by atoms with Crippen LogP contribution in [0.1, 0.15) is 31.1 Å². The molecule has 3 rings (SSSR count). The van der Waals surface area contributed by atoms with Crippen molar-refractivity contribution < 1.29 is 12.8 Å². The molecule has 0 unspecified atom stereocenters. The van der Waals surface area contributed by atoms with Gasteiger partial charge in [-0.25, -0.2) is 17.8 Å². The van der Waals surface area contributed by atoms with Crippen molar-refractivity contribution in [3.8, 4) is 0 Å². The second kappa shape index (κ2) is 5.53. The van der Waals surface area contributed by atoms with E-state index in [1.54, 1.807) is 0 Å². The molecule has 0 aliphatic carbocycles. The van der Waals surface area contributed by atoms with Gasteiger partial charge in [0.15, 0.2) is 5.82 Å². The van der Waals surface area contributed by atoms with Crippen molar-refractivity contribution in [1.29, 1.82) is 0 Å². The lowest BCUT2D eigenvalue weighted by Gasteiger charge is -2.32. The number of nitrogens with one attached hydrogen (secondary N) is 1. The molecule has 1 aliphatic rings. The average Bonchev–Trinajstić information content (AvgIpc) is 3.02. The Bertz CT molecular complexity index is 700. The Balaban J connectivity index is 1.97. The number of aromatic nitrogens is 3. The van der Waals surface area contributed by atoms with Crippen molar-refractivity contribution in [2.24, 2.45) is 0 Å². The Morgan fingerprint density at radius 1 is 1.24 bits per heavy atom. The quantitative estimate of drug-likeness (QED) is 0.938. The van der Waals surface area contributed by atoms with Gasteiger partial charge >= 0.3 is 0 Å². The minimum Gasteiger partial charge on any atom is -0.266 e. The number of hydrogen-bond acceptors (Lipinski definition) is 4. The molecule has 2 aromatic rings. The highest BCUT2D eigenvalue weighted by atomic mass is 32.2. The summed E-state index contributed by atoms with van der Waals surface area (Å²) in [6, 6.07) is 4.50. The van der Waals surface area contributed by atoms with Crippen LogP contribution in [0.4, 0.5) is 4.39 Å². The molecule has 112 valence electrons. The third kappa shape index (κ3) is 2.68. The van der Waals surface area contributed by atoms with E-state index >= 15 is 0 Å². The maximum atomic E-state index is 13.0. The summed E-state index contributed by atoms with van der Waals surface area (Å²) in [5.74, 6) is 0.0125. The molecule has 8 heteroatoms. The van der Waals surface area contributed by atoms with Gasteiger partial charge in [-0.1, -0.05) is 6.42 Å². The lowest BCUT2D eigenvalue weighted by molar-refractivity contribution is 0.247. The molecule has 6 nitrogen and oxygen atoms in total. The molecule has 1 aromatic carbocycles. The smallest absolute Gasteiger partial charge is 0.243 e. The van der Waals surface area contributed by atoms with Crippen LogP contribution in [0, 0.1) is 5.82 Å². The maximum Gasteiger partial charge on any atom is 0.243 e. The maximum absolute atomic E-state index is 13.0. The van der Waals surface area contributed by atoms with Crippen LogP contribution in [-0.4, -0.2) is 34.4 Å². The minimum atomic E-state index is -3.68. The minimum absolute atomic E-state index is 0.0892. The zero-order chi connectivity index (χ0) is 14.9. The van der Waals surface area contributed by atoms with Crippen LogP contribution in [0.25, 0.3) is 0 Å². The summed E-state index contributed by atoms with van der Waals surface area (Å²) in [6.07, 6.45) is 3.83. The monoisotopic (exact) mass is 310 g/mol. The lowest BCUT2D eigenvalue weighted by Crippen LogP contribution is -2.39. The third-order valence-electron chi connectivity index (χ3n) is 3.61. The van der Waals surface area contributed by atoms with Gasteiger partial charge in [0.1, 0.15) is 12.1 Å². The van der Waals surface area contributed by atoms with E-state index in [0.29, 0.717) is 18.8 Å². The highest BCUT2D eigenvalue weighted by Gasteiger charge is 2.36. The van der Waals surface area contributed by atoms with E-state index < -0.39 is 15.8 Å². The van der Waals surface area contributed by atoms with Gasteiger partial charge in [-0.3, -0.25) is 5.10 Å². The Kier molecular flexibility index (Phi) is 3.73. The molecule has 1 fully saturated rings. The van der Waals surface area contributed by atoms with Crippen LogP contribution in [0.15, 0.2) is 35.5 Å². The molecule has 1 N–H and O–H groups in total. The molecule has 0 amide bonds. The van der Waals surface area contributed by atoms with Crippen LogP contribution in [0.5, 0.6) is 0 Å². The van der Waals surface area contributed by atoms with Gasteiger partial charge in [0.2, 0.25) is 10.0 Å². The largest absolute Gasteiger partial charge is 0.266 e. The number of nitrogens with zero attached hydrogens (tertiary/aromatic N) is 3. The first kappa shape index (κ1) is 14.2. The molecule has 0 spiro atoms. The molecule has 1 aromatic heterocycles. The fraction of sp³-hybridized carbons (Fsp3) is 0.385. The Hall–Kier alpha value is -1.80. The molecule has 21 heavy (non-hydrogen) atoms. The molecule has 1 atom stereocenters. The molecule has 2 heterocycles. The number of H-pyrrole nitrogens is 1. The van der Waals surface area contributed by atoms with E-state index in [2.05, 4.69) is 15.2 Å². The Labute approximate surface area is 122 Å². The highest BCUT2D eigenvalue weighted by molar-refractivity contribution is 7.89. The molecule has 0 radical (unpaired) electrons. The van der Waals surface area contributed by atoms with Crippen LogP contribution in [0.2, 0.25) is 0 Å². The summed E-state index contributed by atoms with van der Waals surface area (Å²) >= 11 is 0. The third-order valence-corrected chi connectivity index (χ3v) is 5.53. The second-order valence-electron chi connectivity index (χ2n) is 4.94. The van der Waals surface area contributed by atoms with Crippen molar-refractivity contribution in [3.05, 3.63) is 42.2 Å². The van der Waals surface area contributed by atoms with Gasteiger partial charge in [-0.15, -0.1) is 0 Å². The molecule has 0 bridgehead atoms. The van der Waals surface area contributed by atoms with Gasteiger partial charge < -0.3 is 0 Å². The number of piperidine rings is 1. The van der Waals surface area contributed by atoms with Gasteiger partial charge in [-0.05, 0) is 37.1 Å². The Morgan fingerprint density at radius 2 is 2.00 bits per heavy atom. The standard InChI is InChI=1S/C13H15FN4O2S/c14-10-4-6-11(7-5-10)21(19,20)18-8-2-1-3-12(18)13-15-9-16-17-13/h4-7,9,12H,1-3,8H2,(H,15,16,17)/t12-/m0/s1. The number of sulfonamides is 1. The zero-order valence-electron chi connectivity index (χ0n) is 11.2. The van der Waals surface area contributed by atoms with Crippen LogP contribution in [0.3, 0.4) is 0 Å². The number of benzene rings is 1. The van der Waals surface area contributed by atoms with Gasteiger partial charge in [-0.2, -0.15) is 9.40 Å². The van der Waals surface area contributed by atoms with Crippen LogP contribution >= 0.6 is 0 Å². The van der Waals surface area contributed by atoms with E-state index in [4.69, 9.17) is 0 Å². The molecular weight excluding hydrogens is 295 g/mol. The van der Waals surface area contributed by atoms with Crippen molar-refractivity contribution >= 4 is 10.0 Å². The van der Waals surface area contributed by atoms with Crippen LogP contribution < -0.4 is 0 Å². The normalized spacial score (nSPS) is 20.5. The van der Waals surface area contributed by atoms with Gasteiger partial charge in [0.25, 0.3) is 0 Å². The second-order valence-corrected chi connectivity index (χ2v) is 6.83. The van der Waals surface area contributed by atoms with Crippen molar-refractivity contribution in [2.45, 2.75) is 30.2 Å². The fourth-order valence-corrected chi connectivity index (χ4v) is 4.23. The average molecular weight is 310 g/mol. The van der Waals surface area contributed by atoms with E-state index in [1.165, 1.54) is 22.8 Å². The number of halogens is 1. The van der Waals surface area contributed by atoms with Crippen molar-refractivity contribution in [3.63, 3.8) is 0 Å². The molecule has 1 saturated heterocycles. The first-order chi connectivity index (χ1) is 10.1. The first-order valence-electron chi connectivity index (χ1n) is 6.72.